The third-order valence-electron chi connectivity index (χ3n) is 2.03. The average molecular weight is 202 g/mol. The van der Waals surface area contributed by atoms with Crippen LogP contribution in [0.4, 0.5) is 0 Å². The van der Waals surface area contributed by atoms with Crippen molar-refractivity contribution in [2.45, 2.75) is 38.8 Å². The summed E-state index contributed by atoms with van der Waals surface area (Å²) in [4.78, 5) is 0. The Bertz CT molecular complexity index is 173. The Hall–Kier alpha value is -0.843. The number of hydrogen-bond donors (Lipinski definition) is 2. The molecule has 4 nitrogen and oxygen atoms in total. The van der Waals surface area contributed by atoms with E-state index < -0.39 is 0 Å². The van der Waals surface area contributed by atoms with Gasteiger partial charge in [0.1, 0.15) is 0 Å². The summed E-state index contributed by atoms with van der Waals surface area (Å²) in [5, 5.41) is 23.5. The van der Waals surface area contributed by atoms with E-state index in [4.69, 9.17) is 10.4 Å². The summed E-state index contributed by atoms with van der Waals surface area (Å²) in [5.74, 6) is 0. The molecule has 5 heteroatoms. The molecule has 0 radical (unpaired) electrons. The molecule has 0 heterocycles. The van der Waals surface area contributed by atoms with Gasteiger partial charge in [0.2, 0.25) is 0 Å². The van der Waals surface area contributed by atoms with E-state index in [9.17, 15) is 0 Å². The molecule has 2 N–H and O–H groups in total. The molecule has 0 fully saturated rings. The number of hydrogen-bond acceptors (Lipinski definition) is 4. The molecule has 0 unspecified atom stereocenters. The molecule has 0 aromatic heterocycles. The predicted molar refractivity (Wildman–Crippen MR) is 57.2 cm³/mol. The highest BCUT2D eigenvalue weighted by Gasteiger charge is 2.01. The fourth-order valence-corrected chi connectivity index (χ4v) is 2.99. The highest BCUT2D eigenvalue weighted by molar-refractivity contribution is 6.47. The van der Waals surface area contributed by atoms with E-state index in [0.29, 0.717) is 0 Å². The molecule has 0 aliphatic heterocycles. The summed E-state index contributed by atoms with van der Waals surface area (Å²) in [6, 6.07) is 1.82. The Morgan fingerprint density at radius 1 is 1.00 bits per heavy atom. The third-order valence-corrected chi connectivity index (χ3v) is 3.89. The fraction of sp³-hybridized carbons (Fsp3) is 0.750. The third kappa shape index (κ3) is 5.40. The van der Waals surface area contributed by atoms with Crippen molar-refractivity contribution in [3.05, 3.63) is 0 Å². The quantitative estimate of drug-likeness (QED) is 0.296. The molecule has 0 rings (SSSR count). The molecular formula is C8H18N2O2Si. The first-order chi connectivity index (χ1) is 6.28. The first-order valence-electron chi connectivity index (χ1n) is 4.68. The summed E-state index contributed by atoms with van der Waals surface area (Å²) in [7, 11) is -0.309. The Kier molecular flexibility index (Phi) is 7.28. The molecule has 0 atom stereocenters. The largest absolute Gasteiger partial charge is 0.411 e. The second-order valence-electron chi connectivity index (χ2n) is 2.89. The Morgan fingerprint density at radius 3 is 1.62 bits per heavy atom. The van der Waals surface area contributed by atoms with Crippen LogP contribution in [0.2, 0.25) is 12.1 Å². The van der Waals surface area contributed by atoms with Crippen molar-refractivity contribution in [3.63, 3.8) is 0 Å². The van der Waals surface area contributed by atoms with Gasteiger partial charge in [-0.25, -0.2) is 0 Å². The van der Waals surface area contributed by atoms with Gasteiger partial charge in [0, 0.05) is 9.52 Å². The minimum Gasteiger partial charge on any atom is -0.411 e. The summed E-state index contributed by atoms with van der Waals surface area (Å²) < 4.78 is 0. The van der Waals surface area contributed by atoms with Crippen LogP contribution in [0.25, 0.3) is 0 Å². The molecule has 0 aromatic rings. The van der Waals surface area contributed by atoms with Gasteiger partial charge in [-0.1, -0.05) is 24.2 Å². The first kappa shape index (κ1) is 12.2. The van der Waals surface area contributed by atoms with E-state index >= 15 is 0 Å². The lowest BCUT2D eigenvalue weighted by molar-refractivity contribution is 0.317. The van der Waals surface area contributed by atoms with Crippen LogP contribution in [-0.4, -0.2) is 31.4 Å². The first-order valence-corrected chi connectivity index (χ1v) is 6.68. The van der Waals surface area contributed by atoms with Crippen LogP contribution in [0, 0.1) is 0 Å². The second-order valence-corrected chi connectivity index (χ2v) is 4.60. The van der Waals surface area contributed by atoms with Crippen LogP contribution in [-0.2, 0) is 0 Å². The fourth-order valence-electron chi connectivity index (χ4n) is 1.09. The van der Waals surface area contributed by atoms with Gasteiger partial charge in [0.25, 0.3) is 0 Å². The SMILES string of the molecule is CCC(C[SiH2]CC(CC)=NO)=NO. The van der Waals surface area contributed by atoms with E-state index in [0.717, 1.165) is 36.4 Å². The monoisotopic (exact) mass is 202 g/mol. The maximum Gasteiger partial charge on any atom is 0.0536 e. The van der Waals surface area contributed by atoms with E-state index in [2.05, 4.69) is 10.3 Å². The zero-order chi connectivity index (χ0) is 10.1. The van der Waals surface area contributed by atoms with Crippen LogP contribution < -0.4 is 0 Å². The van der Waals surface area contributed by atoms with Crippen molar-refractivity contribution < 1.29 is 10.4 Å². The Balaban J connectivity index is 3.66. The molecule has 0 amide bonds. The van der Waals surface area contributed by atoms with Gasteiger partial charge in [-0.15, -0.1) is 0 Å². The van der Waals surface area contributed by atoms with Crippen LogP contribution in [0.3, 0.4) is 0 Å². The smallest absolute Gasteiger partial charge is 0.0536 e. The zero-order valence-corrected chi connectivity index (χ0v) is 9.74. The van der Waals surface area contributed by atoms with E-state index in [-0.39, 0.29) is 9.52 Å². The lowest BCUT2D eigenvalue weighted by Crippen LogP contribution is -2.06. The number of oxime groups is 2. The summed E-state index contributed by atoms with van der Waals surface area (Å²) in [6.45, 7) is 3.95. The van der Waals surface area contributed by atoms with Gasteiger partial charge in [-0.05, 0) is 24.9 Å². The highest BCUT2D eigenvalue weighted by atomic mass is 28.2. The molecule has 13 heavy (non-hydrogen) atoms. The average Bonchev–Trinajstić information content (AvgIpc) is 2.19. The molecule has 0 bridgehead atoms. The standard InChI is InChI=1S/C8H18N2O2Si/c1-3-7(9-11)5-13-6-8(4-2)10-12/h11-12H,3-6,13H2,1-2H3. The summed E-state index contributed by atoms with van der Waals surface area (Å²) >= 11 is 0. The molecule has 0 saturated heterocycles. The summed E-state index contributed by atoms with van der Waals surface area (Å²) in [6.07, 6.45) is 1.61. The topological polar surface area (TPSA) is 65.2 Å². The van der Waals surface area contributed by atoms with Gasteiger partial charge in [-0.2, -0.15) is 0 Å². The predicted octanol–water partition coefficient (Wildman–Crippen LogP) is 1.47. The van der Waals surface area contributed by atoms with Crippen LogP contribution >= 0.6 is 0 Å². The molecule has 0 saturated carbocycles. The van der Waals surface area contributed by atoms with E-state index in [1.165, 1.54) is 0 Å². The molecule has 76 valence electrons. The van der Waals surface area contributed by atoms with Crippen LogP contribution in [0.1, 0.15) is 26.7 Å². The van der Waals surface area contributed by atoms with Gasteiger partial charge in [0.15, 0.2) is 0 Å². The van der Waals surface area contributed by atoms with Crippen molar-refractivity contribution >= 4 is 20.9 Å². The molecule has 0 aliphatic rings. The molecule has 0 aliphatic carbocycles. The number of rotatable bonds is 6. The Morgan fingerprint density at radius 2 is 1.38 bits per heavy atom. The van der Waals surface area contributed by atoms with Gasteiger partial charge in [0.05, 0.1) is 11.4 Å². The number of nitrogens with zero attached hydrogens (tertiary/aromatic N) is 2. The Labute approximate surface area is 81.2 Å². The van der Waals surface area contributed by atoms with Crippen molar-refractivity contribution in [2.24, 2.45) is 10.3 Å². The van der Waals surface area contributed by atoms with E-state index in [1.54, 1.807) is 0 Å². The zero-order valence-electron chi connectivity index (χ0n) is 8.32. The maximum atomic E-state index is 8.54. The van der Waals surface area contributed by atoms with Crippen molar-refractivity contribution in [2.75, 3.05) is 0 Å². The maximum absolute atomic E-state index is 8.54. The minimum atomic E-state index is -0.309. The van der Waals surface area contributed by atoms with Crippen LogP contribution in [0.5, 0.6) is 0 Å². The van der Waals surface area contributed by atoms with Crippen LogP contribution in [0.15, 0.2) is 10.3 Å². The van der Waals surface area contributed by atoms with Gasteiger partial charge < -0.3 is 10.4 Å². The van der Waals surface area contributed by atoms with Crippen molar-refractivity contribution in [1.29, 1.82) is 0 Å². The minimum absolute atomic E-state index is 0.309. The molecule has 0 spiro atoms. The molecular weight excluding hydrogens is 184 g/mol. The lowest BCUT2D eigenvalue weighted by Gasteiger charge is -2.01. The highest BCUT2D eigenvalue weighted by Crippen LogP contribution is 1.98. The van der Waals surface area contributed by atoms with Gasteiger partial charge in [-0.3, -0.25) is 0 Å². The second kappa shape index (κ2) is 7.79. The van der Waals surface area contributed by atoms with Crippen molar-refractivity contribution in [1.82, 2.24) is 0 Å². The lowest BCUT2D eigenvalue weighted by atomic mass is 10.3. The normalized spacial score (nSPS) is 14.3. The van der Waals surface area contributed by atoms with Crippen molar-refractivity contribution in [3.8, 4) is 0 Å². The van der Waals surface area contributed by atoms with E-state index in [1.807, 2.05) is 13.8 Å². The summed E-state index contributed by atoms with van der Waals surface area (Å²) in [5.41, 5.74) is 1.72. The van der Waals surface area contributed by atoms with Gasteiger partial charge >= 0.3 is 0 Å². The molecule has 0 aromatic carbocycles.